The molecule has 3 aliphatic rings. The van der Waals surface area contributed by atoms with Crippen LogP contribution in [0.2, 0.25) is 0 Å². The molecule has 0 saturated heterocycles. The van der Waals surface area contributed by atoms with Gasteiger partial charge >= 0.3 is 0 Å². The SMILES string of the molecule is C=CCOc1ccc(O)c2c1C1C=CC2(OC)CC1. The zero-order valence-corrected chi connectivity index (χ0v) is 11.1. The molecule has 2 atom stereocenters. The molecule has 1 aromatic carbocycles. The second kappa shape index (κ2) is 4.42. The number of ether oxygens (including phenoxy) is 2. The van der Waals surface area contributed by atoms with Gasteiger partial charge in [0.1, 0.15) is 23.7 Å². The zero-order valence-electron chi connectivity index (χ0n) is 11.1. The molecule has 0 amide bonds. The lowest BCUT2D eigenvalue weighted by atomic mass is 9.68. The average Bonchev–Trinajstić information content (AvgIpc) is 2.47. The predicted molar refractivity (Wildman–Crippen MR) is 73.6 cm³/mol. The van der Waals surface area contributed by atoms with Crippen molar-refractivity contribution in [1.82, 2.24) is 0 Å². The van der Waals surface area contributed by atoms with Crippen LogP contribution in [-0.4, -0.2) is 18.8 Å². The van der Waals surface area contributed by atoms with E-state index in [1.54, 1.807) is 19.3 Å². The Labute approximate surface area is 113 Å². The number of rotatable bonds is 4. The number of hydrogen-bond acceptors (Lipinski definition) is 3. The van der Waals surface area contributed by atoms with Crippen LogP contribution >= 0.6 is 0 Å². The first-order valence-corrected chi connectivity index (χ1v) is 6.56. The van der Waals surface area contributed by atoms with Crippen LogP contribution in [0.4, 0.5) is 0 Å². The maximum Gasteiger partial charge on any atom is 0.124 e. The molecule has 0 aliphatic heterocycles. The fraction of sp³-hybridized carbons (Fsp3) is 0.375. The molecule has 2 unspecified atom stereocenters. The van der Waals surface area contributed by atoms with E-state index in [1.807, 2.05) is 6.07 Å². The van der Waals surface area contributed by atoms with Gasteiger partial charge in [-0.05, 0) is 25.0 Å². The summed E-state index contributed by atoms with van der Waals surface area (Å²) >= 11 is 0. The summed E-state index contributed by atoms with van der Waals surface area (Å²) < 4.78 is 11.4. The minimum absolute atomic E-state index is 0.289. The van der Waals surface area contributed by atoms with Gasteiger partial charge in [-0.2, -0.15) is 0 Å². The van der Waals surface area contributed by atoms with Crippen LogP contribution in [0.1, 0.15) is 29.9 Å². The van der Waals surface area contributed by atoms with E-state index in [0.29, 0.717) is 12.5 Å². The molecule has 100 valence electrons. The zero-order chi connectivity index (χ0) is 13.5. The Bertz CT molecular complexity index is 547. The van der Waals surface area contributed by atoms with Gasteiger partial charge in [0.15, 0.2) is 0 Å². The van der Waals surface area contributed by atoms with Crippen molar-refractivity contribution in [3.63, 3.8) is 0 Å². The summed E-state index contributed by atoms with van der Waals surface area (Å²) in [7, 11) is 1.69. The maximum atomic E-state index is 10.2. The molecule has 1 N–H and O–H groups in total. The topological polar surface area (TPSA) is 38.7 Å². The van der Waals surface area contributed by atoms with Gasteiger partial charge in [-0.15, -0.1) is 0 Å². The van der Waals surface area contributed by atoms with E-state index < -0.39 is 5.60 Å². The van der Waals surface area contributed by atoms with E-state index in [1.165, 1.54) is 0 Å². The number of phenols is 1. The number of phenolic OH excluding ortho intramolecular Hbond substituents is 1. The Morgan fingerprint density at radius 1 is 1.53 bits per heavy atom. The molecule has 0 aromatic heterocycles. The van der Waals surface area contributed by atoms with Gasteiger partial charge in [-0.25, -0.2) is 0 Å². The van der Waals surface area contributed by atoms with E-state index in [4.69, 9.17) is 9.47 Å². The normalized spacial score (nSPS) is 27.1. The highest BCUT2D eigenvalue weighted by atomic mass is 16.5. The monoisotopic (exact) mass is 258 g/mol. The smallest absolute Gasteiger partial charge is 0.124 e. The molecule has 3 heteroatoms. The lowest BCUT2D eigenvalue weighted by Crippen LogP contribution is -2.36. The summed E-state index contributed by atoms with van der Waals surface area (Å²) in [5.41, 5.74) is 1.44. The van der Waals surface area contributed by atoms with Crippen LogP contribution in [-0.2, 0) is 10.3 Å². The van der Waals surface area contributed by atoms with Crippen molar-refractivity contribution in [2.24, 2.45) is 0 Å². The summed E-state index contributed by atoms with van der Waals surface area (Å²) in [6.07, 6.45) is 7.87. The third kappa shape index (κ3) is 1.69. The molecule has 19 heavy (non-hydrogen) atoms. The maximum absolute atomic E-state index is 10.2. The van der Waals surface area contributed by atoms with Gasteiger partial charge in [-0.1, -0.05) is 24.8 Å². The molecule has 0 spiro atoms. The molecule has 4 rings (SSSR count). The van der Waals surface area contributed by atoms with Crippen LogP contribution in [0.25, 0.3) is 0 Å². The minimum Gasteiger partial charge on any atom is -0.508 e. The second-order valence-electron chi connectivity index (χ2n) is 5.07. The first-order chi connectivity index (χ1) is 9.22. The summed E-state index contributed by atoms with van der Waals surface area (Å²) in [5, 5.41) is 10.2. The van der Waals surface area contributed by atoms with Gasteiger partial charge in [0, 0.05) is 24.2 Å². The van der Waals surface area contributed by atoms with Crippen molar-refractivity contribution in [1.29, 1.82) is 0 Å². The minimum atomic E-state index is -0.498. The highest BCUT2D eigenvalue weighted by molar-refractivity contribution is 5.59. The molecule has 1 aromatic rings. The lowest BCUT2D eigenvalue weighted by Gasteiger charge is -2.43. The highest BCUT2D eigenvalue weighted by Crippen LogP contribution is 2.55. The highest BCUT2D eigenvalue weighted by Gasteiger charge is 2.44. The average molecular weight is 258 g/mol. The summed E-state index contributed by atoms with van der Waals surface area (Å²) in [6.45, 7) is 4.14. The summed E-state index contributed by atoms with van der Waals surface area (Å²) in [5.74, 6) is 1.42. The Kier molecular flexibility index (Phi) is 2.86. The van der Waals surface area contributed by atoms with Crippen molar-refractivity contribution >= 4 is 0 Å². The van der Waals surface area contributed by atoms with Crippen molar-refractivity contribution < 1.29 is 14.6 Å². The van der Waals surface area contributed by atoms with Crippen LogP contribution in [0.3, 0.4) is 0 Å². The molecular weight excluding hydrogens is 240 g/mol. The number of aromatic hydroxyl groups is 1. The fourth-order valence-electron chi connectivity index (χ4n) is 3.22. The number of allylic oxidation sites excluding steroid dienone is 1. The molecule has 0 saturated carbocycles. The third-order valence-electron chi connectivity index (χ3n) is 4.12. The largest absolute Gasteiger partial charge is 0.508 e. The molecule has 0 heterocycles. The Hall–Kier alpha value is -1.74. The lowest BCUT2D eigenvalue weighted by molar-refractivity contribution is 0.00422. The van der Waals surface area contributed by atoms with Gasteiger partial charge in [-0.3, -0.25) is 0 Å². The Morgan fingerprint density at radius 3 is 3.00 bits per heavy atom. The third-order valence-corrected chi connectivity index (χ3v) is 4.12. The van der Waals surface area contributed by atoms with Gasteiger partial charge in [0.25, 0.3) is 0 Å². The fourth-order valence-corrected chi connectivity index (χ4v) is 3.22. The van der Waals surface area contributed by atoms with Gasteiger partial charge in [0.2, 0.25) is 0 Å². The van der Waals surface area contributed by atoms with Crippen LogP contribution in [0.15, 0.2) is 36.9 Å². The first kappa shape index (κ1) is 12.3. The van der Waals surface area contributed by atoms with Crippen molar-refractivity contribution in [2.75, 3.05) is 13.7 Å². The van der Waals surface area contributed by atoms with Crippen LogP contribution in [0, 0.1) is 0 Å². The van der Waals surface area contributed by atoms with E-state index in [0.717, 1.165) is 29.7 Å². The summed E-state index contributed by atoms with van der Waals surface area (Å²) in [4.78, 5) is 0. The van der Waals surface area contributed by atoms with Crippen molar-refractivity contribution in [2.45, 2.75) is 24.4 Å². The van der Waals surface area contributed by atoms with E-state index in [9.17, 15) is 5.11 Å². The van der Waals surface area contributed by atoms with Gasteiger partial charge < -0.3 is 14.6 Å². The molecule has 2 bridgehead atoms. The number of methoxy groups -OCH3 is 1. The predicted octanol–water partition coefficient (Wildman–Crippen LogP) is 3.25. The summed E-state index contributed by atoms with van der Waals surface area (Å²) in [6, 6.07) is 3.52. The molecular formula is C16H18O3. The quantitative estimate of drug-likeness (QED) is 0.843. The molecule has 3 aliphatic carbocycles. The Morgan fingerprint density at radius 2 is 2.37 bits per heavy atom. The molecule has 3 nitrogen and oxygen atoms in total. The first-order valence-electron chi connectivity index (χ1n) is 6.56. The Balaban J connectivity index is 2.17. The van der Waals surface area contributed by atoms with Crippen LogP contribution < -0.4 is 4.74 Å². The van der Waals surface area contributed by atoms with E-state index >= 15 is 0 Å². The van der Waals surface area contributed by atoms with Gasteiger partial charge in [0.05, 0.1) is 0 Å². The van der Waals surface area contributed by atoms with Crippen molar-refractivity contribution in [3.8, 4) is 11.5 Å². The van der Waals surface area contributed by atoms with Crippen molar-refractivity contribution in [3.05, 3.63) is 48.1 Å². The molecule has 0 fully saturated rings. The molecule has 0 radical (unpaired) electrons. The van der Waals surface area contributed by atoms with E-state index in [2.05, 4.69) is 18.7 Å². The second-order valence-corrected chi connectivity index (χ2v) is 5.07. The number of hydrogen-bond donors (Lipinski definition) is 1. The van der Waals surface area contributed by atoms with Crippen LogP contribution in [0.5, 0.6) is 11.5 Å². The standard InChI is InChI=1S/C16H18O3/c1-3-10-19-13-5-4-12(17)15-14(13)11-6-8-16(15,18-2)9-7-11/h3-6,8,11,17H,1,7,9-10H2,2H3. The number of benzene rings is 1. The van der Waals surface area contributed by atoms with E-state index in [-0.39, 0.29) is 5.75 Å². The number of fused-ring (bicyclic) bond motifs is 1.